The summed E-state index contributed by atoms with van der Waals surface area (Å²) in [6, 6.07) is 20.1. The lowest BCUT2D eigenvalue weighted by Gasteiger charge is -2.52. The van der Waals surface area contributed by atoms with Crippen molar-refractivity contribution in [3.63, 3.8) is 0 Å². The van der Waals surface area contributed by atoms with E-state index < -0.39 is 23.2 Å². The SMILES string of the molecule is CC(=O)C12c3ccccc3C(c3ccccc31)[C@@H]1C(=O)N(c3cc(Cl)ccc3Cl)C(=O)[C@H]12. The number of amides is 2. The number of carbonyl (C=O) groups excluding carboxylic acids is 3. The van der Waals surface area contributed by atoms with Crippen LogP contribution < -0.4 is 4.90 Å². The highest BCUT2D eigenvalue weighted by molar-refractivity contribution is 6.38. The largest absolute Gasteiger partial charge is 0.299 e. The monoisotopic (exact) mass is 461 g/mol. The van der Waals surface area contributed by atoms with Crippen molar-refractivity contribution in [2.75, 3.05) is 4.90 Å². The molecule has 0 unspecified atom stereocenters. The average Bonchev–Trinajstić information content (AvgIpc) is 3.06. The zero-order valence-corrected chi connectivity index (χ0v) is 18.5. The molecule has 0 N–H and O–H groups in total. The summed E-state index contributed by atoms with van der Waals surface area (Å²) < 4.78 is 0. The van der Waals surface area contributed by atoms with Crippen molar-refractivity contribution in [1.82, 2.24) is 0 Å². The molecule has 3 aliphatic carbocycles. The van der Waals surface area contributed by atoms with Gasteiger partial charge >= 0.3 is 0 Å². The van der Waals surface area contributed by atoms with E-state index in [2.05, 4.69) is 0 Å². The molecule has 2 atom stereocenters. The van der Waals surface area contributed by atoms with Crippen LogP contribution in [-0.4, -0.2) is 17.6 Å². The van der Waals surface area contributed by atoms with Gasteiger partial charge in [-0.25, -0.2) is 4.90 Å². The Hall–Kier alpha value is -2.95. The van der Waals surface area contributed by atoms with Crippen LogP contribution in [0.15, 0.2) is 66.7 Å². The molecule has 1 heterocycles. The lowest BCUT2D eigenvalue weighted by Crippen LogP contribution is -2.57. The van der Waals surface area contributed by atoms with E-state index in [1.165, 1.54) is 13.0 Å². The van der Waals surface area contributed by atoms with Gasteiger partial charge in [0.2, 0.25) is 11.8 Å². The summed E-state index contributed by atoms with van der Waals surface area (Å²) in [5, 5.41) is 0.629. The van der Waals surface area contributed by atoms with E-state index in [0.29, 0.717) is 5.02 Å². The highest BCUT2D eigenvalue weighted by Crippen LogP contribution is 2.64. The number of ketones is 1. The summed E-state index contributed by atoms with van der Waals surface area (Å²) in [6.45, 7) is 1.52. The third-order valence-electron chi connectivity index (χ3n) is 7.32. The van der Waals surface area contributed by atoms with Gasteiger partial charge in [-0.05, 0) is 47.4 Å². The first-order chi connectivity index (χ1) is 15.4. The molecule has 32 heavy (non-hydrogen) atoms. The fraction of sp³-hybridized carbons (Fsp3) is 0.192. The summed E-state index contributed by atoms with van der Waals surface area (Å²) >= 11 is 12.6. The fourth-order valence-electron chi connectivity index (χ4n) is 6.26. The number of rotatable bonds is 2. The van der Waals surface area contributed by atoms with Crippen LogP contribution in [0.4, 0.5) is 5.69 Å². The summed E-state index contributed by atoms with van der Waals surface area (Å²) in [5.41, 5.74) is 2.54. The third-order valence-corrected chi connectivity index (χ3v) is 7.88. The molecule has 3 aromatic rings. The Morgan fingerprint density at radius 3 is 2.06 bits per heavy atom. The van der Waals surface area contributed by atoms with Gasteiger partial charge in [0.15, 0.2) is 0 Å². The van der Waals surface area contributed by atoms with Crippen molar-refractivity contribution in [2.24, 2.45) is 11.8 Å². The first kappa shape index (κ1) is 19.7. The fourth-order valence-corrected chi connectivity index (χ4v) is 6.63. The predicted octanol–water partition coefficient (Wildman–Crippen LogP) is 5.13. The molecule has 1 saturated heterocycles. The molecule has 3 aromatic carbocycles. The quantitative estimate of drug-likeness (QED) is 0.496. The Balaban J connectivity index is 1.68. The summed E-state index contributed by atoms with van der Waals surface area (Å²) in [7, 11) is 0. The normalized spacial score (nSPS) is 27.2. The molecule has 0 saturated carbocycles. The van der Waals surface area contributed by atoms with Gasteiger partial charge in [-0.15, -0.1) is 0 Å². The molecule has 2 bridgehead atoms. The zero-order valence-electron chi connectivity index (χ0n) is 17.0. The first-order valence-electron chi connectivity index (χ1n) is 10.4. The molecule has 1 fully saturated rings. The summed E-state index contributed by atoms with van der Waals surface area (Å²) in [4.78, 5) is 42.5. The molecule has 158 valence electrons. The van der Waals surface area contributed by atoms with Crippen molar-refractivity contribution in [3.8, 4) is 0 Å². The highest BCUT2D eigenvalue weighted by Gasteiger charge is 2.70. The van der Waals surface area contributed by atoms with Gasteiger partial charge in [-0.2, -0.15) is 0 Å². The number of anilines is 1. The lowest BCUT2D eigenvalue weighted by atomic mass is 9.46. The van der Waals surface area contributed by atoms with Crippen LogP contribution in [0, 0.1) is 11.8 Å². The van der Waals surface area contributed by atoms with Crippen LogP contribution in [0.3, 0.4) is 0 Å². The number of nitrogens with zero attached hydrogens (tertiary/aromatic N) is 1. The van der Waals surface area contributed by atoms with E-state index in [-0.39, 0.29) is 28.3 Å². The maximum atomic E-state index is 14.0. The Morgan fingerprint density at radius 2 is 1.47 bits per heavy atom. The Labute approximate surface area is 194 Å². The number of carbonyl (C=O) groups is 3. The van der Waals surface area contributed by atoms with Crippen LogP contribution in [0.5, 0.6) is 0 Å². The minimum Gasteiger partial charge on any atom is -0.299 e. The maximum Gasteiger partial charge on any atom is 0.239 e. The van der Waals surface area contributed by atoms with Crippen molar-refractivity contribution in [3.05, 3.63) is 99.0 Å². The molecule has 7 rings (SSSR count). The molecule has 0 aromatic heterocycles. The lowest BCUT2D eigenvalue weighted by molar-refractivity contribution is -0.132. The highest BCUT2D eigenvalue weighted by atomic mass is 35.5. The van der Waals surface area contributed by atoms with Gasteiger partial charge in [-0.3, -0.25) is 14.4 Å². The van der Waals surface area contributed by atoms with Crippen LogP contribution >= 0.6 is 23.2 Å². The van der Waals surface area contributed by atoms with Crippen LogP contribution in [-0.2, 0) is 19.8 Å². The molecule has 0 spiro atoms. The van der Waals surface area contributed by atoms with Crippen molar-refractivity contribution >= 4 is 46.5 Å². The van der Waals surface area contributed by atoms with Crippen molar-refractivity contribution < 1.29 is 14.4 Å². The number of benzene rings is 3. The molecule has 1 aliphatic heterocycles. The molecule has 0 radical (unpaired) electrons. The topological polar surface area (TPSA) is 54.5 Å². The average molecular weight is 462 g/mol. The molecule has 4 nitrogen and oxygen atoms in total. The second-order valence-electron chi connectivity index (χ2n) is 8.63. The minimum absolute atomic E-state index is 0.147. The van der Waals surface area contributed by atoms with Gasteiger partial charge in [-0.1, -0.05) is 71.7 Å². The maximum absolute atomic E-state index is 14.0. The Bertz CT molecular complexity index is 1320. The second kappa shape index (κ2) is 6.53. The van der Waals surface area contributed by atoms with E-state index >= 15 is 0 Å². The van der Waals surface area contributed by atoms with E-state index in [4.69, 9.17) is 23.2 Å². The van der Waals surface area contributed by atoms with Crippen molar-refractivity contribution in [2.45, 2.75) is 18.3 Å². The number of Topliss-reactive ketones (excluding diaryl/α,β-unsaturated/α-hetero) is 1. The first-order valence-corrected chi connectivity index (χ1v) is 11.2. The van der Waals surface area contributed by atoms with E-state index in [1.54, 1.807) is 12.1 Å². The van der Waals surface area contributed by atoms with Gasteiger partial charge < -0.3 is 0 Å². The Morgan fingerprint density at radius 1 is 0.875 bits per heavy atom. The van der Waals surface area contributed by atoms with E-state index in [9.17, 15) is 14.4 Å². The van der Waals surface area contributed by atoms with E-state index in [0.717, 1.165) is 27.2 Å². The van der Waals surface area contributed by atoms with Crippen LogP contribution in [0.1, 0.15) is 35.1 Å². The number of hydrogen-bond acceptors (Lipinski definition) is 3. The van der Waals surface area contributed by atoms with Gasteiger partial charge in [0.05, 0.1) is 28.0 Å². The second-order valence-corrected chi connectivity index (χ2v) is 9.47. The number of halogens is 2. The van der Waals surface area contributed by atoms with E-state index in [1.807, 2.05) is 48.5 Å². The molecule has 6 heteroatoms. The standard InChI is InChI=1S/C26H17Cl2NO3/c1-13(30)26-17-8-4-2-6-15(17)21(16-7-3-5-9-18(16)26)22-23(26)25(32)29(24(22)31)20-12-14(27)10-11-19(20)28/h2-12,21-23H,1H3/t21?,22-,23-,26?/m0/s1. The van der Waals surface area contributed by atoms with Gasteiger partial charge in [0, 0.05) is 10.9 Å². The summed E-state index contributed by atoms with van der Waals surface area (Å²) in [5.74, 6) is -2.74. The van der Waals surface area contributed by atoms with Crippen LogP contribution in [0.25, 0.3) is 0 Å². The summed E-state index contributed by atoms with van der Waals surface area (Å²) in [6.07, 6.45) is 0. The smallest absolute Gasteiger partial charge is 0.239 e. The molecule has 2 amide bonds. The van der Waals surface area contributed by atoms with Gasteiger partial charge in [0.1, 0.15) is 5.78 Å². The number of imide groups is 1. The van der Waals surface area contributed by atoms with Crippen molar-refractivity contribution in [1.29, 1.82) is 0 Å². The molecular weight excluding hydrogens is 445 g/mol. The molecule has 4 aliphatic rings. The zero-order chi connectivity index (χ0) is 22.4. The minimum atomic E-state index is -1.22. The van der Waals surface area contributed by atoms with Gasteiger partial charge in [0.25, 0.3) is 0 Å². The van der Waals surface area contributed by atoms with Crippen LogP contribution in [0.2, 0.25) is 10.0 Å². The predicted molar refractivity (Wildman–Crippen MR) is 122 cm³/mol. The number of hydrogen-bond donors (Lipinski definition) is 0. The third kappa shape index (κ3) is 2.17. The Kier molecular flexibility index (Phi) is 4.02. The molecular formula is C26H17Cl2NO3.